The molecule has 0 N–H and O–H groups in total. The predicted octanol–water partition coefficient (Wildman–Crippen LogP) is 5.25. The summed E-state index contributed by atoms with van der Waals surface area (Å²) >= 11 is 3.57. The standard InChI is InChI=1S/C27H27BrN4O2/c28-22-9-12-29-24(17-22)26-30-23-3-1-2-4-25(23)32(26)19-21-7-5-20(6-8-21)18-31-13-10-27(11-14-31)33-15-16-34-27/h1-9,12,17H,10-11,13-16,18-19H2. The lowest BCUT2D eigenvalue weighted by Gasteiger charge is -2.37. The summed E-state index contributed by atoms with van der Waals surface area (Å²) in [6.07, 6.45) is 3.71. The van der Waals surface area contributed by atoms with Crippen LogP contribution in [-0.2, 0) is 22.6 Å². The molecule has 7 heteroatoms. The van der Waals surface area contributed by atoms with Gasteiger partial charge in [0, 0.05) is 49.7 Å². The second-order valence-electron chi connectivity index (χ2n) is 9.07. The summed E-state index contributed by atoms with van der Waals surface area (Å²) in [6.45, 7) is 5.17. The Bertz CT molecular complexity index is 1290. The van der Waals surface area contributed by atoms with Crippen molar-refractivity contribution < 1.29 is 9.47 Å². The van der Waals surface area contributed by atoms with Crippen molar-refractivity contribution in [3.8, 4) is 11.5 Å². The molecule has 6 nitrogen and oxygen atoms in total. The highest BCUT2D eigenvalue weighted by molar-refractivity contribution is 9.10. The van der Waals surface area contributed by atoms with Gasteiger partial charge in [-0.3, -0.25) is 9.88 Å². The van der Waals surface area contributed by atoms with Crippen molar-refractivity contribution >= 4 is 27.0 Å². The third-order valence-electron chi connectivity index (χ3n) is 6.81. The number of hydrogen-bond acceptors (Lipinski definition) is 5. The molecule has 1 spiro atoms. The van der Waals surface area contributed by atoms with E-state index in [2.05, 4.69) is 72.8 Å². The van der Waals surface area contributed by atoms with Gasteiger partial charge in [-0.15, -0.1) is 0 Å². The van der Waals surface area contributed by atoms with E-state index in [1.807, 2.05) is 24.4 Å². The third kappa shape index (κ3) is 4.41. The number of benzene rings is 2. The first-order valence-electron chi connectivity index (χ1n) is 11.8. The Balaban J connectivity index is 1.19. The molecule has 2 saturated heterocycles. The van der Waals surface area contributed by atoms with E-state index in [1.54, 1.807) is 0 Å². The van der Waals surface area contributed by atoms with Gasteiger partial charge in [-0.25, -0.2) is 4.98 Å². The van der Waals surface area contributed by atoms with E-state index >= 15 is 0 Å². The molecule has 0 atom stereocenters. The minimum absolute atomic E-state index is 0.311. The van der Waals surface area contributed by atoms with Gasteiger partial charge in [-0.2, -0.15) is 0 Å². The van der Waals surface area contributed by atoms with E-state index in [4.69, 9.17) is 14.5 Å². The summed E-state index contributed by atoms with van der Waals surface area (Å²) in [5, 5.41) is 0. The number of halogens is 1. The number of hydrogen-bond donors (Lipinski definition) is 0. The van der Waals surface area contributed by atoms with Crippen LogP contribution in [0.5, 0.6) is 0 Å². The van der Waals surface area contributed by atoms with Gasteiger partial charge in [-0.05, 0) is 35.4 Å². The molecule has 2 fully saturated rings. The molecule has 4 aromatic rings. The average molecular weight is 519 g/mol. The summed E-state index contributed by atoms with van der Waals surface area (Å²) in [5.74, 6) is 0.569. The molecule has 0 radical (unpaired) electrons. The van der Waals surface area contributed by atoms with Crippen molar-refractivity contribution in [2.45, 2.75) is 31.7 Å². The van der Waals surface area contributed by atoms with Crippen molar-refractivity contribution in [1.82, 2.24) is 19.4 Å². The lowest BCUT2D eigenvalue weighted by Crippen LogP contribution is -2.44. The van der Waals surface area contributed by atoms with Crippen LogP contribution in [0.1, 0.15) is 24.0 Å². The molecule has 0 bridgehead atoms. The summed E-state index contributed by atoms with van der Waals surface area (Å²) in [5.41, 5.74) is 5.53. The van der Waals surface area contributed by atoms with E-state index in [-0.39, 0.29) is 5.79 Å². The molecule has 34 heavy (non-hydrogen) atoms. The van der Waals surface area contributed by atoms with Crippen LogP contribution in [0.25, 0.3) is 22.6 Å². The normalized spacial score (nSPS) is 18.1. The zero-order valence-corrected chi connectivity index (χ0v) is 20.6. The molecule has 174 valence electrons. The van der Waals surface area contributed by atoms with Gasteiger partial charge in [0.2, 0.25) is 0 Å². The Morgan fingerprint density at radius 2 is 1.59 bits per heavy atom. The highest BCUT2D eigenvalue weighted by Crippen LogP contribution is 2.32. The third-order valence-corrected chi connectivity index (χ3v) is 7.30. The zero-order chi connectivity index (χ0) is 23.0. The van der Waals surface area contributed by atoms with Gasteiger partial charge in [0.1, 0.15) is 5.69 Å². The first kappa shape index (κ1) is 21.9. The van der Waals surface area contributed by atoms with Crippen LogP contribution in [0, 0.1) is 0 Å². The van der Waals surface area contributed by atoms with E-state index in [0.717, 1.165) is 79.3 Å². The van der Waals surface area contributed by atoms with Crippen molar-refractivity contribution in [2.24, 2.45) is 0 Å². The van der Waals surface area contributed by atoms with Crippen LogP contribution in [-0.4, -0.2) is 51.5 Å². The Morgan fingerprint density at radius 3 is 2.32 bits per heavy atom. The largest absolute Gasteiger partial charge is 0.347 e. The number of nitrogens with zero attached hydrogens (tertiary/aromatic N) is 4. The van der Waals surface area contributed by atoms with Crippen LogP contribution in [0.2, 0.25) is 0 Å². The van der Waals surface area contributed by atoms with Crippen LogP contribution in [0.4, 0.5) is 0 Å². The second kappa shape index (κ2) is 9.23. The summed E-state index contributed by atoms with van der Waals surface area (Å²) < 4.78 is 15.0. The van der Waals surface area contributed by atoms with E-state index < -0.39 is 0 Å². The van der Waals surface area contributed by atoms with Gasteiger partial charge in [0.05, 0.1) is 24.2 Å². The number of ether oxygens (including phenoxy) is 2. The number of aromatic nitrogens is 3. The SMILES string of the molecule is Brc1ccnc(-c2nc3ccccc3n2Cc2ccc(CN3CCC4(CC3)OCCO4)cc2)c1. The van der Waals surface area contributed by atoms with Crippen LogP contribution in [0.15, 0.2) is 71.3 Å². The molecule has 2 aliphatic rings. The first-order chi connectivity index (χ1) is 16.7. The number of pyridine rings is 1. The van der Waals surface area contributed by atoms with Gasteiger partial charge in [0.25, 0.3) is 0 Å². The number of imidazole rings is 1. The predicted molar refractivity (Wildman–Crippen MR) is 135 cm³/mol. The van der Waals surface area contributed by atoms with Crippen LogP contribution < -0.4 is 0 Å². The number of fused-ring (bicyclic) bond motifs is 1. The molecule has 2 aliphatic heterocycles. The van der Waals surface area contributed by atoms with Crippen LogP contribution >= 0.6 is 15.9 Å². The van der Waals surface area contributed by atoms with E-state index in [1.165, 1.54) is 11.1 Å². The van der Waals surface area contributed by atoms with Crippen molar-refractivity contribution in [3.05, 3.63) is 82.5 Å². The number of rotatable bonds is 5. The smallest absolute Gasteiger partial charge is 0.170 e. The van der Waals surface area contributed by atoms with Gasteiger partial charge < -0.3 is 14.0 Å². The molecular weight excluding hydrogens is 492 g/mol. The van der Waals surface area contributed by atoms with Gasteiger partial charge in [-0.1, -0.05) is 52.3 Å². The minimum Gasteiger partial charge on any atom is -0.347 e. The zero-order valence-electron chi connectivity index (χ0n) is 19.0. The quantitative estimate of drug-likeness (QED) is 0.361. The number of para-hydroxylation sites is 2. The summed E-state index contributed by atoms with van der Waals surface area (Å²) in [7, 11) is 0. The number of likely N-dealkylation sites (tertiary alicyclic amines) is 1. The lowest BCUT2D eigenvalue weighted by atomic mass is 10.0. The second-order valence-corrected chi connectivity index (χ2v) is 9.99. The van der Waals surface area contributed by atoms with E-state index in [9.17, 15) is 0 Å². The Hall–Kier alpha value is -2.58. The minimum atomic E-state index is -0.311. The Morgan fingerprint density at radius 1 is 0.882 bits per heavy atom. The van der Waals surface area contributed by atoms with Gasteiger partial charge >= 0.3 is 0 Å². The van der Waals surface area contributed by atoms with Crippen LogP contribution in [0.3, 0.4) is 0 Å². The summed E-state index contributed by atoms with van der Waals surface area (Å²) in [4.78, 5) is 12.0. The van der Waals surface area contributed by atoms with Crippen molar-refractivity contribution in [1.29, 1.82) is 0 Å². The molecule has 0 saturated carbocycles. The topological polar surface area (TPSA) is 52.4 Å². The number of piperidine rings is 1. The molecule has 2 aromatic carbocycles. The fraction of sp³-hybridized carbons (Fsp3) is 0.333. The van der Waals surface area contributed by atoms with Crippen molar-refractivity contribution in [3.63, 3.8) is 0 Å². The van der Waals surface area contributed by atoms with E-state index in [0.29, 0.717) is 0 Å². The fourth-order valence-electron chi connectivity index (χ4n) is 4.99. The Kier molecular flexibility index (Phi) is 5.95. The lowest BCUT2D eigenvalue weighted by molar-refractivity contribution is -0.185. The first-order valence-corrected chi connectivity index (χ1v) is 12.6. The maximum atomic E-state index is 5.86. The molecule has 4 heterocycles. The molecule has 0 unspecified atom stereocenters. The fourth-order valence-corrected chi connectivity index (χ4v) is 5.32. The highest BCUT2D eigenvalue weighted by atomic mass is 79.9. The maximum Gasteiger partial charge on any atom is 0.170 e. The molecule has 6 rings (SSSR count). The maximum absolute atomic E-state index is 5.86. The monoisotopic (exact) mass is 518 g/mol. The Labute approximate surface area is 207 Å². The summed E-state index contributed by atoms with van der Waals surface area (Å²) in [6, 6.07) is 21.2. The molecular formula is C27H27BrN4O2. The molecule has 0 aliphatic carbocycles. The average Bonchev–Trinajstić information content (AvgIpc) is 3.47. The highest BCUT2D eigenvalue weighted by Gasteiger charge is 2.39. The van der Waals surface area contributed by atoms with Gasteiger partial charge in [0.15, 0.2) is 11.6 Å². The van der Waals surface area contributed by atoms with Crippen molar-refractivity contribution in [2.75, 3.05) is 26.3 Å². The molecule has 2 aromatic heterocycles. The molecule has 0 amide bonds.